The van der Waals surface area contributed by atoms with E-state index in [9.17, 15) is 9.59 Å². The number of hydrazone groups is 1. The fourth-order valence-electron chi connectivity index (χ4n) is 1.09. The first-order valence-electron chi connectivity index (χ1n) is 4.32. The SMILES string of the molecule is O=C1CCC(C(=O)Nc2nccs2)=NN1. The van der Waals surface area contributed by atoms with Crippen LogP contribution >= 0.6 is 11.3 Å². The predicted molar refractivity (Wildman–Crippen MR) is 55.6 cm³/mol. The minimum atomic E-state index is -0.315. The summed E-state index contributed by atoms with van der Waals surface area (Å²) in [6.07, 6.45) is 2.26. The molecule has 2 heterocycles. The van der Waals surface area contributed by atoms with Gasteiger partial charge in [0, 0.05) is 24.4 Å². The van der Waals surface area contributed by atoms with Crippen LogP contribution < -0.4 is 10.7 Å². The van der Waals surface area contributed by atoms with Gasteiger partial charge in [-0.2, -0.15) is 5.10 Å². The number of thiazole rings is 1. The highest BCUT2D eigenvalue weighted by molar-refractivity contribution is 7.13. The number of anilines is 1. The van der Waals surface area contributed by atoms with E-state index in [1.807, 2.05) is 0 Å². The lowest BCUT2D eigenvalue weighted by molar-refractivity contribution is -0.121. The lowest BCUT2D eigenvalue weighted by Crippen LogP contribution is -2.32. The predicted octanol–water partition coefficient (Wildman–Crippen LogP) is 0.348. The van der Waals surface area contributed by atoms with Gasteiger partial charge >= 0.3 is 0 Å². The number of amides is 2. The zero-order chi connectivity index (χ0) is 10.7. The molecule has 1 aliphatic heterocycles. The van der Waals surface area contributed by atoms with E-state index in [0.717, 1.165) is 0 Å². The van der Waals surface area contributed by atoms with Crippen LogP contribution in [0, 0.1) is 0 Å². The molecule has 1 aromatic rings. The summed E-state index contributed by atoms with van der Waals surface area (Å²) in [5, 5.41) is 8.56. The van der Waals surface area contributed by atoms with Gasteiger partial charge in [0.15, 0.2) is 5.13 Å². The Bertz CT molecular complexity index is 412. The van der Waals surface area contributed by atoms with Crippen LogP contribution in [0.2, 0.25) is 0 Å². The Labute approximate surface area is 89.4 Å². The minimum Gasteiger partial charge on any atom is -0.297 e. The van der Waals surface area contributed by atoms with Gasteiger partial charge in [0.25, 0.3) is 5.91 Å². The van der Waals surface area contributed by atoms with E-state index in [-0.39, 0.29) is 11.8 Å². The molecule has 6 nitrogen and oxygen atoms in total. The minimum absolute atomic E-state index is 0.166. The number of hydrogen-bond donors (Lipinski definition) is 2. The Kier molecular flexibility index (Phi) is 2.72. The molecular formula is C8H8N4O2S. The Morgan fingerprint density at radius 2 is 2.40 bits per heavy atom. The summed E-state index contributed by atoms with van der Waals surface area (Å²) in [6.45, 7) is 0. The lowest BCUT2D eigenvalue weighted by atomic mass is 10.2. The third kappa shape index (κ3) is 2.38. The molecule has 0 spiro atoms. The first kappa shape index (κ1) is 9.78. The summed E-state index contributed by atoms with van der Waals surface area (Å²) in [5.41, 5.74) is 2.59. The molecule has 1 aromatic heterocycles. The number of hydrogen-bond acceptors (Lipinski definition) is 5. The molecule has 15 heavy (non-hydrogen) atoms. The van der Waals surface area contributed by atoms with Crippen molar-refractivity contribution in [2.45, 2.75) is 12.8 Å². The molecule has 0 atom stereocenters. The van der Waals surface area contributed by atoms with E-state index in [2.05, 4.69) is 20.8 Å². The molecule has 0 aromatic carbocycles. The molecule has 0 unspecified atom stereocenters. The largest absolute Gasteiger partial charge is 0.297 e. The fraction of sp³-hybridized carbons (Fsp3) is 0.250. The van der Waals surface area contributed by atoms with Crippen molar-refractivity contribution in [1.29, 1.82) is 0 Å². The van der Waals surface area contributed by atoms with E-state index < -0.39 is 0 Å². The number of nitrogens with one attached hydrogen (secondary N) is 2. The van der Waals surface area contributed by atoms with Crippen LogP contribution in [-0.2, 0) is 9.59 Å². The lowest BCUT2D eigenvalue weighted by Gasteiger charge is -2.10. The van der Waals surface area contributed by atoms with Gasteiger partial charge in [-0.25, -0.2) is 10.4 Å². The molecule has 0 fully saturated rings. The van der Waals surface area contributed by atoms with Crippen molar-refractivity contribution >= 4 is 34.0 Å². The van der Waals surface area contributed by atoms with E-state index in [1.54, 1.807) is 11.6 Å². The van der Waals surface area contributed by atoms with Crippen LogP contribution in [0.25, 0.3) is 0 Å². The monoisotopic (exact) mass is 224 g/mol. The summed E-state index contributed by atoms with van der Waals surface area (Å²) >= 11 is 1.33. The number of rotatable bonds is 2. The van der Waals surface area contributed by atoms with E-state index in [4.69, 9.17) is 0 Å². The maximum atomic E-state index is 11.5. The normalized spacial score (nSPS) is 15.5. The zero-order valence-electron chi connectivity index (χ0n) is 7.69. The highest BCUT2D eigenvalue weighted by Crippen LogP contribution is 2.11. The van der Waals surface area contributed by atoms with Gasteiger partial charge in [-0.05, 0) is 0 Å². The van der Waals surface area contributed by atoms with Crippen molar-refractivity contribution in [2.24, 2.45) is 5.10 Å². The molecule has 1 aliphatic rings. The Balaban J connectivity index is 2.00. The summed E-state index contributed by atoms with van der Waals surface area (Å²) in [7, 11) is 0. The Morgan fingerprint density at radius 1 is 1.53 bits per heavy atom. The van der Waals surface area contributed by atoms with Gasteiger partial charge in [0.2, 0.25) is 5.91 Å². The highest BCUT2D eigenvalue weighted by atomic mass is 32.1. The second-order valence-electron chi connectivity index (χ2n) is 2.88. The van der Waals surface area contributed by atoms with Crippen molar-refractivity contribution in [3.63, 3.8) is 0 Å². The molecule has 0 bridgehead atoms. The second-order valence-corrected chi connectivity index (χ2v) is 3.78. The smallest absolute Gasteiger partial charge is 0.273 e. The average molecular weight is 224 g/mol. The van der Waals surface area contributed by atoms with Crippen molar-refractivity contribution < 1.29 is 9.59 Å². The topological polar surface area (TPSA) is 83.5 Å². The van der Waals surface area contributed by atoms with Crippen LogP contribution in [0.5, 0.6) is 0 Å². The van der Waals surface area contributed by atoms with Crippen LogP contribution in [0.1, 0.15) is 12.8 Å². The van der Waals surface area contributed by atoms with Crippen molar-refractivity contribution in [3.8, 4) is 0 Å². The average Bonchev–Trinajstić information content (AvgIpc) is 2.71. The van der Waals surface area contributed by atoms with Crippen LogP contribution in [0.3, 0.4) is 0 Å². The number of carbonyl (C=O) groups is 2. The molecule has 78 valence electrons. The van der Waals surface area contributed by atoms with Crippen LogP contribution in [-0.4, -0.2) is 22.5 Å². The van der Waals surface area contributed by atoms with Crippen molar-refractivity contribution in [3.05, 3.63) is 11.6 Å². The van der Waals surface area contributed by atoms with E-state index in [1.165, 1.54) is 11.3 Å². The molecule has 0 saturated heterocycles. The maximum Gasteiger partial charge on any atom is 0.273 e. The van der Waals surface area contributed by atoms with Crippen molar-refractivity contribution in [2.75, 3.05) is 5.32 Å². The van der Waals surface area contributed by atoms with Gasteiger partial charge in [-0.15, -0.1) is 11.3 Å². The Morgan fingerprint density at radius 3 is 3.00 bits per heavy atom. The van der Waals surface area contributed by atoms with Gasteiger partial charge in [-0.1, -0.05) is 0 Å². The highest BCUT2D eigenvalue weighted by Gasteiger charge is 2.18. The van der Waals surface area contributed by atoms with Gasteiger partial charge in [0.05, 0.1) is 0 Å². The third-order valence-corrected chi connectivity index (χ3v) is 2.51. The molecule has 2 N–H and O–H groups in total. The Hall–Kier alpha value is -1.76. The molecule has 0 aliphatic carbocycles. The van der Waals surface area contributed by atoms with Gasteiger partial charge < -0.3 is 0 Å². The standard InChI is InChI=1S/C8H8N4O2S/c13-6-2-1-5(11-12-6)7(14)10-8-9-3-4-15-8/h3-4H,1-2H2,(H,12,13)(H,9,10,14). The van der Waals surface area contributed by atoms with E-state index >= 15 is 0 Å². The summed E-state index contributed by atoms with van der Waals surface area (Å²) in [4.78, 5) is 26.2. The molecule has 0 saturated carbocycles. The van der Waals surface area contributed by atoms with Gasteiger partial charge in [0.1, 0.15) is 5.71 Å². The van der Waals surface area contributed by atoms with Crippen LogP contribution in [0.4, 0.5) is 5.13 Å². The molecule has 2 amide bonds. The van der Waals surface area contributed by atoms with E-state index in [0.29, 0.717) is 23.7 Å². The fourth-order valence-corrected chi connectivity index (χ4v) is 1.62. The first-order valence-corrected chi connectivity index (χ1v) is 5.20. The summed E-state index contributed by atoms with van der Waals surface area (Å²) in [5.74, 6) is -0.481. The van der Waals surface area contributed by atoms with Crippen molar-refractivity contribution in [1.82, 2.24) is 10.4 Å². The number of aromatic nitrogens is 1. The number of carbonyl (C=O) groups excluding carboxylic acids is 2. The third-order valence-electron chi connectivity index (χ3n) is 1.82. The summed E-state index contributed by atoms with van der Waals surface area (Å²) < 4.78 is 0. The number of nitrogens with zero attached hydrogens (tertiary/aromatic N) is 2. The molecule has 7 heteroatoms. The first-order chi connectivity index (χ1) is 7.25. The quantitative estimate of drug-likeness (QED) is 0.760. The molecular weight excluding hydrogens is 216 g/mol. The maximum absolute atomic E-state index is 11.5. The van der Waals surface area contributed by atoms with Gasteiger partial charge in [-0.3, -0.25) is 14.9 Å². The summed E-state index contributed by atoms with van der Waals surface area (Å²) in [6, 6.07) is 0. The van der Waals surface area contributed by atoms with Crippen LogP contribution in [0.15, 0.2) is 16.7 Å². The molecule has 2 rings (SSSR count). The second kappa shape index (κ2) is 4.18. The zero-order valence-corrected chi connectivity index (χ0v) is 8.50. The molecule has 0 radical (unpaired) electrons.